The number of nitrogens with zero attached hydrogens (tertiary/aromatic N) is 2. The topological polar surface area (TPSA) is 44.8 Å². The van der Waals surface area contributed by atoms with Crippen LogP contribution in [0, 0.1) is 11.8 Å². The number of ether oxygens (including phenoxy) is 1. The number of anilines is 1. The van der Waals surface area contributed by atoms with E-state index in [2.05, 4.69) is 47.2 Å². The van der Waals surface area contributed by atoms with E-state index in [1.165, 1.54) is 24.1 Å². The molecule has 0 radical (unpaired) electrons. The minimum Gasteiger partial charge on any atom is -0.383 e. The third-order valence-corrected chi connectivity index (χ3v) is 8.72. The summed E-state index contributed by atoms with van der Waals surface area (Å²) in [6, 6.07) is 7.16. The fourth-order valence-corrected chi connectivity index (χ4v) is 6.25. The van der Waals surface area contributed by atoms with Crippen molar-refractivity contribution in [3.63, 3.8) is 0 Å². The third kappa shape index (κ3) is 4.05. The molecular formula is C26H39N3O2. The number of Topliss-reactive ketones (excluding diaryl/α,β-unsaturated/α-hetero) is 1. The van der Waals surface area contributed by atoms with Crippen LogP contribution in [0.3, 0.4) is 0 Å². The fraction of sp³-hybridized carbons (Fsp3) is 0.731. The van der Waals surface area contributed by atoms with Crippen LogP contribution in [0.5, 0.6) is 0 Å². The Kier molecular flexibility index (Phi) is 5.87. The molecule has 1 aromatic carbocycles. The molecule has 4 aliphatic rings. The first-order valence-corrected chi connectivity index (χ1v) is 12.4. The first kappa shape index (κ1) is 21.4. The van der Waals surface area contributed by atoms with Gasteiger partial charge in [0.15, 0.2) is 5.78 Å². The van der Waals surface area contributed by atoms with Crippen molar-refractivity contribution in [3.8, 4) is 0 Å². The lowest BCUT2D eigenvalue weighted by atomic mass is 9.58. The number of carbonyl (C=O) groups is 1. The predicted octanol–water partition coefficient (Wildman–Crippen LogP) is 3.78. The number of methoxy groups -OCH3 is 1. The summed E-state index contributed by atoms with van der Waals surface area (Å²) in [6.45, 7) is 11.0. The maximum atomic E-state index is 13.5. The van der Waals surface area contributed by atoms with E-state index in [0.717, 1.165) is 70.1 Å². The minimum atomic E-state index is 0.0714. The molecule has 3 fully saturated rings. The van der Waals surface area contributed by atoms with E-state index < -0.39 is 0 Å². The number of fused-ring (bicyclic) bond motifs is 4. The molecule has 0 aromatic heterocycles. The van der Waals surface area contributed by atoms with E-state index in [0.29, 0.717) is 17.7 Å². The normalized spacial score (nSPS) is 32.2. The molecule has 0 amide bonds. The second kappa shape index (κ2) is 8.49. The summed E-state index contributed by atoms with van der Waals surface area (Å²) in [7, 11) is 1.77. The van der Waals surface area contributed by atoms with Gasteiger partial charge in [-0.1, -0.05) is 13.8 Å². The zero-order valence-corrected chi connectivity index (χ0v) is 19.5. The highest BCUT2D eigenvalue weighted by Crippen LogP contribution is 2.50. The van der Waals surface area contributed by atoms with Gasteiger partial charge in [-0.2, -0.15) is 0 Å². The lowest BCUT2D eigenvalue weighted by molar-refractivity contribution is 0.0266. The number of carbonyl (C=O) groups excluding carboxylic acids is 1. The highest BCUT2D eigenvalue weighted by atomic mass is 16.5. The van der Waals surface area contributed by atoms with E-state index >= 15 is 0 Å². The van der Waals surface area contributed by atoms with Crippen molar-refractivity contribution in [3.05, 3.63) is 29.3 Å². The van der Waals surface area contributed by atoms with Crippen LogP contribution < -0.4 is 5.32 Å². The van der Waals surface area contributed by atoms with Crippen molar-refractivity contribution < 1.29 is 9.53 Å². The Hall–Kier alpha value is -1.43. The summed E-state index contributed by atoms with van der Waals surface area (Å²) < 4.78 is 5.22. The summed E-state index contributed by atoms with van der Waals surface area (Å²) >= 11 is 0. The van der Waals surface area contributed by atoms with Gasteiger partial charge in [-0.3, -0.25) is 9.69 Å². The van der Waals surface area contributed by atoms with Crippen LogP contribution in [0.15, 0.2) is 18.2 Å². The van der Waals surface area contributed by atoms with Gasteiger partial charge < -0.3 is 15.0 Å². The van der Waals surface area contributed by atoms with Crippen molar-refractivity contribution in [1.29, 1.82) is 0 Å². The molecule has 1 aromatic rings. The molecule has 5 rings (SSSR count). The highest BCUT2D eigenvalue weighted by Gasteiger charge is 2.52. The van der Waals surface area contributed by atoms with Crippen molar-refractivity contribution in [2.75, 3.05) is 51.8 Å². The molecule has 5 heteroatoms. The first-order valence-electron chi connectivity index (χ1n) is 12.4. The molecule has 2 saturated heterocycles. The second-order valence-electron chi connectivity index (χ2n) is 10.7. The monoisotopic (exact) mass is 425 g/mol. The van der Waals surface area contributed by atoms with Gasteiger partial charge in [0, 0.05) is 50.6 Å². The maximum absolute atomic E-state index is 13.5. The van der Waals surface area contributed by atoms with E-state index in [4.69, 9.17) is 4.74 Å². The lowest BCUT2D eigenvalue weighted by Crippen LogP contribution is -2.61. The van der Waals surface area contributed by atoms with Gasteiger partial charge in [0.25, 0.3) is 0 Å². The van der Waals surface area contributed by atoms with Gasteiger partial charge in [-0.05, 0) is 79.7 Å². The average Bonchev–Trinajstić information content (AvgIpc) is 3.59. The number of likely N-dealkylation sites (tertiary alicyclic amines) is 2. The Labute approximate surface area is 187 Å². The number of hydrogen-bond acceptors (Lipinski definition) is 5. The molecule has 31 heavy (non-hydrogen) atoms. The number of piperidine rings is 2. The van der Waals surface area contributed by atoms with Gasteiger partial charge in [0.05, 0.1) is 12.6 Å². The average molecular weight is 426 g/mol. The summed E-state index contributed by atoms with van der Waals surface area (Å²) in [5.74, 6) is 1.57. The van der Waals surface area contributed by atoms with Gasteiger partial charge >= 0.3 is 0 Å². The Morgan fingerprint density at radius 3 is 2.65 bits per heavy atom. The van der Waals surface area contributed by atoms with Gasteiger partial charge in [0.2, 0.25) is 0 Å². The SMILES string of the molecule is COCCN1CCC(Nc2ccc3c(c2)C2(C)CCN(CC4CC4)C(C3=O)C2C)CC1. The fourth-order valence-electron chi connectivity index (χ4n) is 6.25. The molecule has 2 bridgehead atoms. The van der Waals surface area contributed by atoms with Crippen LogP contribution in [0.2, 0.25) is 0 Å². The molecule has 2 heterocycles. The molecule has 0 spiro atoms. The van der Waals surface area contributed by atoms with Gasteiger partial charge in [-0.15, -0.1) is 0 Å². The van der Waals surface area contributed by atoms with E-state index in [-0.39, 0.29) is 11.5 Å². The molecular weight excluding hydrogens is 386 g/mol. The number of rotatable bonds is 7. The summed E-state index contributed by atoms with van der Waals surface area (Å²) in [5, 5.41) is 3.79. The Balaban J connectivity index is 1.31. The number of benzene rings is 1. The molecule has 1 N–H and O–H groups in total. The van der Waals surface area contributed by atoms with Gasteiger partial charge in [-0.25, -0.2) is 0 Å². The Morgan fingerprint density at radius 1 is 1.16 bits per heavy atom. The molecule has 2 aliphatic carbocycles. The predicted molar refractivity (Wildman–Crippen MR) is 125 cm³/mol. The molecule has 170 valence electrons. The van der Waals surface area contributed by atoms with E-state index in [1.54, 1.807) is 7.11 Å². The molecule has 5 nitrogen and oxygen atoms in total. The summed E-state index contributed by atoms with van der Waals surface area (Å²) in [6.07, 6.45) is 6.16. The van der Waals surface area contributed by atoms with E-state index in [1.807, 2.05) is 0 Å². The van der Waals surface area contributed by atoms with Crippen LogP contribution >= 0.6 is 0 Å². The number of nitrogens with one attached hydrogen (secondary N) is 1. The molecule has 3 atom stereocenters. The largest absolute Gasteiger partial charge is 0.383 e. The molecule has 1 saturated carbocycles. The molecule has 2 aliphatic heterocycles. The Bertz CT molecular complexity index is 815. The smallest absolute Gasteiger partial charge is 0.180 e. The highest BCUT2D eigenvalue weighted by molar-refractivity contribution is 6.04. The third-order valence-electron chi connectivity index (χ3n) is 8.72. The first-order chi connectivity index (χ1) is 15.0. The Morgan fingerprint density at radius 2 is 1.94 bits per heavy atom. The molecule has 3 unspecified atom stereocenters. The zero-order chi connectivity index (χ0) is 21.6. The van der Waals surface area contributed by atoms with E-state index in [9.17, 15) is 4.79 Å². The lowest BCUT2D eigenvalue weighted by Gasteiger charge is -2.53. The van der Waals surface area contributed by atoms with Gasteiger partial charge in [0.1, 0.15) is 0 Å². The van der Waals surface area contributed by atoms with Crippen LogP contribution in [-0.4, -0.2) is 74.1 Å². The van der Waals surface area contributed by atoms with Crippen LogP contribution in [0.25, 0.3) is 0 Å². The maximum Gasteiger partial charge on any atom is 0.180 e. The van der Waals surface area contributed by atoms with Crippen molar-refractivity contribution >= 4 is 11.5 Å². The number of hydrogen-bond donors (Lipinski definition) is 1. The standard InChI is InChI=1S/C26H39N3O2/c1-18-24-25(30)22-7-6-21(27-20-8-11-28(12-9-20)14-15-31-3)16-23(22)26(18,2)10-13-29(24)17-19-4-5-19/h6-7,16,18-20,24,27H,4-5,8-15,17H2,1-3H3. The van der Waals surface area contributed by atoms with Crippen LogP contribution in [0.4, 0.5) is 5.69 Å². The zero-order valence-electron chi connectivity index (χ0n) is 19.5. The second-order valence-corrected chi connectivity index (χ2v) is 10.7. The van der Waals surface area contributed by atoms with Crippen molar-refractivity contribution in [1.82, 2.24) is 9.80 Å². The van der Waals surface area contributed by atoms with Crippen molar-refractivity contribution in [2.45, 2.75) is 63.5 Å². The summed E-state index contributed by atoms with van der Waals surface area (Å²) in [5.41, 5.74) is 3.55. The quantitative estimate of drug-likeness (QED) is 0.720. The minimum absolute atomic E-state index is 0.0714. The summed E-state index contributed by atoms with van der Waals surface area (Å²) in [4.78, 5) is 18.5. The van der Waals surface area contributed by atoms with Crippen LogP contribution in [0.1, 0.15) is 61.9 Å². The number of ketones is 1. The van der Waals surface area contributed by atoms with Crippen molar-refractivity contribution in [2.24, 2.45) is 11.8 Å². The van der Waals surface area contributed by atoms with Crippen LogP contribution in [-0.2, 0) is 10.2 Å².